The number of nitro benzene ring substituents is 1. The van der Waals surface area contributed by atoms with Gasteiger partial charge in [0, 0.05) is 25.7 Å². The maximum Gasteiger partial charge on any atom is 0.293 e. The number of nitrogens with zero attached hydrogens (tertiary/aromatic N) is 2. The number of nitrogens with one attached hydrogen (secondary N) is 1. The van der Waals surface area contributed by atoms with Crippen LogP contribution < -0.4 is 5.32 Å². The molecule has 0 saturated carbocycles. The van der Waals surface area contributed by atoms with E-state index in [1.54, 1.807) is 13.8 Å². The molecule has 0 heterocycles. The number of hydrogen-bond donors (Lipinski definition) is 2. The van der Waals surface area contributed by atoms with Gasteiger partial charge in [-0.15, -0.1) is 0 Å². The molecule has 1 atom stereocenters. The number of hydrogen-bond acceptors (Lipinski definition) is 6. The molecule has 21 heavy (non-hydrogen) atoms. The Morgan fingerprint density at radius 2 is 2.10 bits per heavy atom. The zero-order chi connectivity index (χ0) is 16.2. The number of rotatable bonds is 7. The summed E-state index contributed by atoms with van der Waals surface area (Å²) in [5.74, 6) is 0. The molecule has 1 aromatic carbocycles. The molecule has 0 aliphatic rings. The lowest BCUT2D eigenvalue weighted by atomic mass is 10.2. The first-order valence-corrected chi connectivity index (χ1v) is 7.80. The van der Waals surface area contributed by atoms with Gasteiger partial charge in [0.1, 0.15) is 5.69 Å². The highest BCUT2D eigenvalue weighted by Crippen LogP contribution is 2.29. The molecule has 8 nitrogen and oxygen atoms in total. The van der Waals surface area contributed by atoms with Gasteiger partial charge in [0.2, 0.25) is 10.0 Å². The van der Waals surface area contributed by atoms with Crippen LogP contribution in [0.1, 0.15) is 13.8 Å². The highest BCUT2D eigenvalue weighted by Gasteiger charge is 2.27. The van der Waals surface area contributed by atoms with Crippen molar-refractivity contribution in [2.45, 2.75) is 24.8 Å². The van der Waals surface area contributed by atoms with Crippen LogP contribution in [0.15, 0.2) is 23.1 Å². The molecule has 0 spiro atoms. The molecule has 0 aromatic heterocycles. The molecular formula is C12H19N3O5S. The summed E-state index contributed by atoms with van der Waals surface area (Å²) in [6.07, 6.45) is 0. The van der Waals surface area contributed by atoms with Gasteiger partial charge in [0.05, 0.1) is 16.4 Å². The van der Waals surface area contributed by atoms with E-state index in [0.29, 0.717) is 6.54 Å². The van der Waals surface area contributed by atoms with Crippen molar-refractivity contribution in [1.82, 2.24) is 4.31 Å². The van der Waals surface area contributed by atoms with E-state index in [1.165, 1.54) is 19.2 Å². The van der Waals surface area contributed by atoms with Crippen LogP contribution in [0.4, 0.5) is 11.4 Å². The summed E-state index contributed by atoms with van der Waals surface area (Å²) in [6.45, 7) is 3.46. The Bertz CT molecular complexity index is 617. The van der Waals surface area contributed by atoms with Gasteiger partial charge in [-0.3, -0.25) is 10.1 Å². The maximum absolute atomic E-state index is 12.3. The second-order valence-corrected chi connectivity index (χ2v) is 6.52. The molecule has 0 amide bonds. The van der Waals surface area contributed by atoms with E-state index in [9.17, 15) is 18.5 Å². The highest BCUT2D eigenvalue weighted by atomic mass is 32.2. The second-order valence-electron chi connectivity index (χ2n) is 4.52. The van der Waals surface area contributed by atoms with Crippen LogP contribution in [0.3, 0.4) is 0 Å². The van der Waals surface area contributed by atoms with Crippen molar-refractivity contribution in [1.29, 1.82) is 0 Å². The fourth-order valence-electron chi connectivity index (χ4n) is 1.68. The van der Waals surface area contributed by atoms with Crippen LogP contribution in [0.2, 0.25) is 0 Å². The summed E-state index contributed by atoms with van der Waals surface area (Å²) >= 11 is 0. The van der Waals surface area contributed by atoms with Crippen LogP contribution in [-0.2, 0) is 10.0 Å². The third-order valence-corrected chi connectivity index (χ3v) is 5.06. The summed E-state index contributed by atoms with van der Waals surface area (Å²) < 4.78 is 25.7. The molecule has 9 heteroatoms. The summed E-state index contributed by atoms with van der Waals surface area (Å²) in [5.41, 5.74) is -0.0395. The van der Waals surface area contributed by atoms with Gasteiger partial charge < -0.3 is 10.4 Å². The van der Waals surface area contributed by atoms with Crippen molar-refractivity contribution >= 4 is 21.4 Å². The molecule has 2 N–H and O–H groups in total. The van der Waals surface area contributed by atoms with Crippen molar-refractivity contribution < 1.29 is 18.4 Å². The Hall–Kier alpha value is -1.71. The van der Waals surface area contributed by atoms with E-state index in [0.717, 1.165) is 10.4 Å². The Kier molecular flexibility index (Phi) is 5.64. The lowest BCUT2D eigenvalue weighted by Crippen LogP contribution is -2.37. The molecular weight excluding hydrogens is 298 g/mol. The van der Waals surface area contributed by atoms with E-state index >= 15 is 0 Å². The summed E-state index contributed by atoms with van der Waals surface area (Å²) in [5, 5.41) is 22.9. The summed E-state index contributed by atoms with van der Waals surface area (Å²) in [7, 11) is -2.58. The maximum atomic E-state index is 12.3. The van der Waals surface area contributed by atoms with E-state index in [2.05, 4.69) is 5.32 Å². The minimum absolute atomic E-state index is 0.182. The number of likely N-dealkylation sites (N-methyl/N-ethyl adjacent to an activating group) is 1. The largest absolute Gasteiger partial charge is 0.395 e. The minimum Gasteiger partial charge on any atom is -0.395 e. The average molecular weight is 317 g/mol. The van der Waals surface area contributed by atoms with Crippen molar-refractivity contribution in [3.8, 4) is 0 Å². The van der Waals surface area contributed by atoms with Crippen LogP contribution in [0, 0.1) is 10.1 Å². The van der Waals surface area contributed by atoms with Gasteiger partial charge in [0.25, 0.3) is 5.69 Å². The SMILES string of the molecule is CCNc1ccc(S(=O)(=O)N(C)C(C)CO)cc1[N+](=O)[O-]. The number of sulfonamides is 1. The van der Waals surface area contributed by atoms with Crippen molar-refractivity contribution in [2.24, 2.45) is 0 Å². The van der Waals surface area contributed by atoms with Gasteiger partial charge in [0.15, 0.2) is 0 Å². The first-order valence-electron chi connectivity index (χ1n) is 6.36. The molecule has 0 saturated heterocycles. The third-order valence-electron chi connectivity index (χ3n) is 3.10. The Morgan fingerprint density at radius 3 is 2.57 bits per heavy atom. The lowest BCUT2D eigenvalue weighted by molar-refractivity contribution is -0.384. The molecule has 1 aromatic rings. The smallest absolute Gasteiger partial charge is 0.293 e. The first kappa shape index (κ1) is 17.3. The minimum atomic E-state index is -3.90. The zero-order valence-electron chi connectivity index (χ0n) is 12.1. The van der Waals surface area contributed by atoms with Crippen LogP contribution in [0.5, 0.6) is 0 Å². The molecule has 118 valence electrons. The molecule has 1 rings (SSSR count). The van der Waals surface area contributed by atoms with E-state index in [4.69, 9.17) is 5.11 Å². The van der Waals surface area contributed by atoms with Gasteiger partial charge in [-0.1, -0.05) is 0 Å². The molecule has 1 unspecified atom stereocenters. The summed E-state index contributed by atoms with van der Waals surface area (Å²) in [4.78, 5) is 10.2. The van der Waals surface area contributed by atoms with Crippen molar-refractivity contribution in [3.05, 3.63) is 28.3 Å². The first-order chi connectivity index (χ1) is 9.75. The van der Waals surface area contributed by atoms with Crippen LogP contribution in [0.25, 0.3) is 0 Å². The second kappa shape index (κ2) is 6.83. The van der Waals surface area contributed by atoms with Crippen LogP contribution >= 0.6 is 0 Å². The number of nitro groups is 1. The molecule has 0 fully saturated rings. The predicted molar refractivity (Wildman–Crippen MR) is 78.8 cm³/mol. The van der Waals surface area contributed by atoms with Crippen molar-refractivity contribution in [2.75, 3.05) is 25.5 Å². The Balaban J connectivity index is 3.32. The molecule has 0 aliphatic carbocycles. The highest BCUT2D eigenvalue weighted by molar-refractivity contribution is 7.89. The zero-order valence-corrected chi connectivity index (χ0v) is 12.9. The van der Waals surface area contributed by atoms with E-state index < -0.39 is 21.0 Å². The Morgan fingerprint density at radius 1 is 1.48 bits per heavy atom. The predicted octanol–water partition coefficient (Wildman–Crippen LogP) is 1.03. The normalized spacial score (nSPS) is 13.2. The fraction of sp³-hybridized carbons (Fsp3) is 0.500. The molecule has 0 bridgehead atoms. The topological polar surface area (TPSA) is 113 Å². The van der Waals surface area contributed by atoms with Gasteiger partial charge in [-0.25, -0.2) is 8.42 Å². The molecule has 0 aliphatic heterocycles. The average Bonchev–Trinajstić information content (AvgIpc) is 2.45. The Labute approximate surface area is 123 Å². The van der Waals surface area contributed by atoms with Crippen molar-refractivity contribution in [3.63, 3.8) is 0 Å². The van der Waals surface area contributed by atoms with E-state index in [1.807, 2.05) is 0 Å². The van der Waals surface area contributed by atoms with Gasteiger partial charge >= 0.3 is 0 Å². The number of anilines is 1. The standard InChI is InChI=1S/C12H19N3O5S/c1-4-13-11-6-5-10(7-12(11)15(17)18)21(19,20)14(3)9(2)8-16/h5-7,9,13,16H,4,8H2,1-3H3. The monoisotopic (exact) mass is 317 g/mol. The quantitative estimate of drug-likeness (QED) is 0.573. The molecule has 0 radical (unpaired) electrons. The fourth-order valence-corrected chi connectivity index (χ4v) is 3.05. The number of aliphatic hydroxyl groups is 1. The number of aliphatic hydroxyl groups excluding tert-OH is 1. The lowest BCUT2D eigenvalue weighted by Gasteiger charge is -2.22. The van der Waals surface area contributed by atoms with Gasteiger partial charge in [-0.05, 0) is 26.0 Å². The number of benzene rings is 1. The van der Waals surface area contributed by atoms with Gasteiger partial charge in [-0.2, -0.15) is 4.31 Å². The van der Waals surface area contributed by atoms with E-state index in [-0.39, 0.29) is 22.9 Å². The summed E-state index contributed by atoms with van der Waals surface area (Å²) in [6, 6.07) is 3.07. The van der Waals surface area contributed by atoms with Crippen LogP contribution in [-0.4, -0.2) is 49.0 Å². The third kappa shape index (κ3) is 3.69.